The van der Waals surface area contributed by atoms with E-state index >= 15 is 0 Å². The van der Waals surface area contributed by atoms with Crippen molar-refractivity contribution in [3.63, 3.8) is 0 Å². The van der Waals surface area contributed by atoms with Gasteiger partial charge in [0.05, 0.1) is 0 Å². The lowest BCUT2D eigenvalue weighted by molar-refractivity contribution is 0.187. The quantitative estimate of drug-likeness (QED) is 0.831. The second-order valence-corrected chi connectivity index (χ2v) is 7.34. The first-order chi connectivity index (χ1) is 12.8. The average Bonchev–Trinajstić information content (AvgIpc) is 3.31. The van der Waals surface area contributed by atoms with Crippen LogP contribution in [0.15, 0.2) is 37.1 Å². The van der Waals surface area contributed by atoms with Gasteiger partial charge in [-0.05, 0) is 43.2 Å². The van der Waals surface area contributed by atoms with Crippen molar-refractivity contribution in [2.45, 2.75) is 38.3 Å². The third-order valence-corrected chi connectivity index (χ3v) is 5.17. The van der Waals surface area contributed by atoms with Crippen LogP contribution < -0.4 is 10.6 Å². The third kappa shape index (κ3) is 4.60. The molecule has 2 fully saturated rings. The van der Waals surface area contributed by atoms with Gasteiger partial charge in [-0.3, -0.25) is 4.57 Å². The van der Waals surface area contributed by atoms with Crippen molar-refractivity contribution >= 4 is 6.03 Å². The first-order valence-electron chi connectivity index (χ1n) is 9.46. The highest BCUT2D eigenvalue weighted by molar-refractivity contribution is 5.74. The molecule has 1 saturated heterocycles. The molecular weight excluding hydrogens is 328 g/mol. The Morgan fingerprint density at radius 3 is 2.69 bits per heavy atom. The zero-order chi connectivity index (χ0) is 17.8. The number of carbonyl (C=O) groups excluding carboxylic acids is 1. The second kappa shape index (κ2) is 7.86. The van der Waals surface area contributed by atoms with Crippen LogP contribution in [0, 0.1) is 5.92 Å². The molecule has 7 heteroatoms. The minimum absolute atomic E-state index is 0.0932. The lowest BCUT2D eigenvalue weighted by Crippen LogP contribution is -2.48. The SMILES string of the molecule is O=C(NCc1ccc(-n2ccnc2)nc1)NC1CCN(CC2CC2)CC1. The van der Waals surface area contributed by atoms with E-state index in [1.165, 1.54) is 19.4 Å². The first kappa shape index (κ1) is 17.0. The van der Waals surface area contributed by atoms with Crippen LogP contribution in [0.2, 0.25) is 0 Å². The van der Waals surface area contributed by atoms with Crippen molar-refractivity contribution in [1.29, 1.82) is 0 Å². The van der Waals surface area contributed by atoms with Crippen LogP contribution in [0.3, 0.4) is 0 Å². The molecule has 0 radical (unpaired) electrons. The van der Waals surface area contributed by atoms with Gasteiger partial charge < -0.3 is 15.5 Å². The van der Waals surface area contributed by atoms with Gasteiger partial charge >= 0.3 is 6.03 Å². The van der Waals surface area contributed by atoms with Crippen LogP contribution in [0.1, 0.15) is 31.2 Å². The number of nitrogens with one attached hydrogen (secondary N) is 2. The number of urea groups is 1. The van der Waals surface area contributed by atoms with Gasteiger partial charge in [0.25, 0.3) is 0 Å². The molecular formula is C19H26N6O. The predicted octanol–water partition coefficient (Wildman–Crippen LogP) is 1.94. The molecule has 2 aromatic heterocycles. The number of amides is 2. The van der Waals surface area contributed by atoms with Crippen LogP contribution in [-0.4, -0.2) is 51.1 Å². The molecule has 1 aliphatic heterocycles. The molecule has 2 N–H and O–H groups in total. The van der Waals surface area contributed by atoms with Crippen molar-refractivity contribution in [2.24, 2.45) is 5.92 Å². The Kier molecular flexibility index (Phi) is 5.15. The van der Waals surface area contributed by atoms with E-state index in [0.717, 1.165) is 43.2 Å². The summed E-state index contributed by atoms with van der Waals surface area (Å²) in [6.45, 7) is 3.92. The second-order valence-electron chi connectivity index (χ2n) is 7.34. The van der Waals surface area contributed by atoms with E-state index in [1.807, 2.05) is 22.9 Å². The molecule has 0 bridgehead atoms. The summed E-state index contributed by atoms with van der Waals surface area (Å²) in [6.07, 6.45) is 12.0. The van der Waals surface area contributed by atoms with Gasteiger partial charge in [0, 0.05) is 50.8 Å². The Morgan fingerprint density at radius 2 is 2.04 bits per heavy atom. The van der Waals surface area contributed by atoms with Crippen molar-refractivity contribution < 1.29 is 4.79 Å². The molecule has 0 atom stereocenters. The van der Waals surface area contributed by atoms with Gasteiger partial charge in [0.2, 0.25) is 0 Å². The van der Waals surface area contributed by atoms with Crippen LogP contribution in [0.5, 0.6) is 0 Å². The van der Waals surface area contributed by atoms with Crippen LogP contribution >= 0.6 is 0 Å². The maximum absolute atomic E-state index is 12.1. The summed E-state index contributed by atoms with van der Waals surface area (Å²) in [5, 5.41) is 6.03. The summed E-state index contributed by atoms with van der Waals surface area (Å²) in [4.78, 5) is 23.1. The Morgan fingerprint density at radius 1 is 1.19 bits per heavy atom. The Balaban J connectivity index is 1.18. The highest BCUT2D eigenvalue weighted by Gasteiger charge is 2.27. The molecule has 2 aromatic rings. The van der Waals surface area contributed by atoms with Crippen molar-refractivity contribution in [1.82, 2.24) is 30.1 Å². The Bertz CT molecular complexity index is 702. The van der Waals surface area contributed by atoms with E-state index in [1.54, 1.807) is 18.7 Å². The predicted molar refractivity (Wildman–Crippen MR) is 98.9 cm³/mol. The third-order valence-electron chi connectivity index (χ3n) is 5.17. The highest BCUT2D eigenvalue weighted by atomic mass is 16.2. The largest absolute Gasteiger partial charge is 0.335 e. The fourth-order valence-corrected chi connectivity index (χ4v) is 3.41. The molecule has 0 spiro atoms. The minimum atomic E-state index is -0.0932. The lowest BCUT2D eigenvalue weighted by Gasteiger charge is -2.32. The Labute approximate surface area is 153 Å². The van der Waals surface area contributed by atoms with Crippen molar-refractivity contribution in [3.8, 4) is 5.82 Å². The summed E-state index contributed by atoms with van der Waals surface area (Å²) >= 11 is 0. The number of pyridine rings is 1. The Hall–Kier alpha value is -2.41. The van der Waals surface area contributed by atoms with Gasteiger partial charge in [-0.15, -0.1) is 0 Å². The molecule has 7 nitrogen and oxygen atoms in total. The number of piperidine rings is 1. The van der Waals surface area contributed by atoms with Gasteiger partial charge in [-0.25, -0.2) is 14.8 Å². The van der Waals surface area contributed by atoms with Crippen LogP contribution in [0.25, 0.3) is 5.82 Å². The van der Waals surface area contributed by atoms with E-state index < -0.39 is 0 Å². The van der Waals surface area contributed by atoms with Gasteiger partial charge in [-0.1, -0.05) is 6.07 Å². The number of nitrogens with zero attached hydrogens (tertiary/aromatic N) is 4. The minimum Gasteiger partial charge on any atom is -0.335 e. The topological polar surface area (TPSA) is 75.1 Å². The monoisotopic (exact) mass is 354 g/mol. The van der Waals surface area contributed by atoms with Gasteiger partial charge in [-0.2, -0.15) is 0 Å². The number of likely N-dealkylation sites (tertiary alicyclic amines) is 1. The fraction of sp³-hybridized carbons (Fsp3) is 0.526. The number of imidazole rings is 1. The molecule has 1 aliphatic carbocycles. The van der Waals surface area contributed by atoms with Gasteiger partial charge in [0.15, 0.2) is 0 Å². The smallest absolute Gasteiger partial charge is 0.315 e. The summed E-state index contributed by atoms with van der Waals surface area (Å²) in [5.74, 6) is 1.75. The van der Waals surface area contributed by atoms with E-state index in [-0.39, 0.29) is 12.1 Å². The molecule has 4 rings (SSSR count). The average molecular weight is 354 g/mol. The highest BCUT2D eigenvalue weighted by Crippen LogP contribution is 2.30. The number of hydrogen-bond acceptors (Lipinski definition) is 4. The fourth-order valence-electron chi connectivity index (χ4n) is 3.41. The van der Waals surface area contributed by atoms with Crippen LogP contribution in [-0.2, 0) is 6.54 Å². The molecule has 3 heterocycles. The van der Waals surface area contributed by atoms with Crippen molar-refractivity contribution in [2.75, 3.05) is 19.6 Å². The standard InChI is InChI=1S/C19H26N6O/c26-19(23-17-5-8-24(9-6-17)13-15-1-2-15)22-12-16-3-4-18(21-11-16)25-10-7-20-14-25/h3-4,7,10-11,14-15,17H,1-2,5-6,8-9,12-13H2,(H2,22,23,26). The number of carbonyl (C=O) groups is 1. The summed E-state index contributed by atoms with van der Waals surface area (Å²) < 4.78 is 1.85. The lowest BCUT2D eigenvalue weighted by atomic mass is 10.0. The van der Waals surface area contributed by atoms with E-state index in [2.05, 4.69) is 25.5 Å². The van der Waals surface area contributed by atoms with E-state index in [9.17, 15) is 4.79 Å². The zero-order valence-electron chi connectivity index (χ0n) is 15.0. The molecule has 138 valence electrons. The maximum Gasteiger partial charge on any atom is 0.315 e. The van der Waals surface area contributed by atoms with Crippen molar-refractivity contribution in [3.05, 3.63) is 42.6 Å². The summed E-state index contributed by atoms with van der Waals surface area (Å²) in [6, 6.07) is 4.09. The summed E-state index contributed by atoms with van der Waals surface area (Å²) in [5.41, 5.74) is 0.975. The number of rotatable bonds is 6. The van der Waals surface area contributed by atoms with Crippen LogP contribution in [0.4, 0.5) is 4.79 Å². The molecule has 0 aromatic carbocycles. The van der Waals surface area contributed by atoms with Gasteiger partial charge in [0.1, 0.15) is 12.1 Å². The first-order valence-corrected chi connectivity index (χ1v) is 9.46. The van der Waals surface area contributed by atoms with E-state index in [0.29, 0.717) is 6.54 Å². The molecule has 0 unspecified atom stereocenters. The maximum atomic E-state index is 12.1. The molecule has 26 heavy (non-hydrogen) atoms. The number of aromatic nitrogens is 3. The molecule has 1 saturated carbocycles. The number of hydrogen-bond donors (Lipinski definition) is 2. The normalized spacial score (nSPS) is 18.6. The molecule has 2 aliphatic rings. The zero-order valence-corrected chi connectivity index (χ0v) is 15.0. The van der Waals surface area contributed by atoms with E-state index in [4.69, 9.17) is 0 Å². The molecule has 2 amide bonds. The summed E-state index contributed by atoms with van der Waals surface area (Å²) in [7, 11) is 0.